The normalized spacial score (nSPS) is 21.4. The van der Waals surface area contributed by atoms with Gasteiger partial charge in [0, 0.05) is 31.9 Å². The van der Waals surface area contributed by atoms with Crippen LogP contribution in [0.3, 0.4) is 0 Å². The highest BCUT2D eigenvalue weighted by atomic mass is 35.5. The van der Waals surface area contributed by atoms with Crippen molar-refractivity contribution < 1.29 is 4.74 Å². The predicted molar refractivity (Wildman–Crippen MR) is 71.3 cm³/mol. The number of halogens is 1. The first kappa shape index (κ1) is 13.8. The minimum atomic E-state index is 0.220. The smallest absolute Gasteiger partial charge is 0.130 e. The third kappa shape index (κ3) is 3.03. The number of aromatic nitrogens is 2. The lowest BCUT2D eigenvalue weighted by molar-refractivity contribution is 0.181. The Labute approximate surface area is 113 Å². The van der Waals surface area contributed by atoms with Crippen molar-refractivity contribution in [2.45, 2.75) is 32.2 Å². The van der Waals surface area contributed by atoms with Crippen LogP contribution in [0.5, 0.6) is 0 Å². The SMILES string of the molecule is Cc1nn(C)c(Cl)c1CC(CC1CCOC1)NN. The number of nitrogens with one attached hydrogen (secondary N) is 1. The Morgan fingerprint density at radius 3 is 2.94 bits per heavy atom. The van der Waals surface area contributed by atoms with Gasteiger partial charge in [0.25, 0.3) is 0 Å². The number of ether oxygens (including phenoxy) is 1. The van der Waals surface area contributed by atoms with E-state index >= 15 is 0 Å². The maximum Gasteiger partial charge on any atom is 0.130 e. The van der Waals surface area contributed by atoms with E-state index in [0.717, 1.165) is 43.7 Å². The monoisotopic (exact) mass is 272 g/mol. The highest BCUT2D eigenvalue weighted by molar-refractivity contribution is 6.30. The van der Waals surface area contributed by atoms with E-state index in [2.05, 4.69) is 10.5 Å². The largest absolute Gasteiger partial charge is 0.381 e. The lowest BCUT2D eigenvalue weighted by atomic mass is 9.95. The third-order valence-corrected chi connectivity index (χ3v) is 4.07. The summed E-state index contributed by atoms with van der Waals surface area (Å²) in [6.45, 7) is 3.69. The number of hydrogen-bond donors (Lipinski definition) is 2. The second-order valence-corrected chi connectivity index (χ2v) is 5.37. The van der Waals surface area contributed by atoms with E-state index in [1.807, 2.05) is 14.0 Å². The van der Waals surface area contributed by atoms with Crippen LogP contribution in [-0.4, -0.2) is 29.0 Å². The van der Waals surface area contributed by atoms with E-state index in [0.29, 0.717) is 11.1 Å². The molecular formula is C12H21ClN4O. The molecule has 1 aliphatic rings. The second-order valence-electron chi connectivity index (χ2n) is 5.01. The first-order valence-corrected chi connectivity index (χ1v) is 6.71. The Morgan fingerprint density at radius 2 is 2.44 bits per heavy atom. The molecule has 3 N–H and O–H groups in total. The van der Waals surface area contributed by atoms with Crippen molar-refractivity contribution in [1.29, 1.82) is 0 Å². The molecule has 2 heterocycles. The fourth-order valence-corrected chi connectivity index (χ4v) is 2.79. The second kappa shape index (κ2) is 6.02. The molecule has 1 aromatic rings. The number of hydrazine groups is 1. The molecule has 2 atom stereocenters. The lowest BCUT2D eigenvalue weighted by Gasteiger charge is -2.19. The van der Waals surface area contributed by atoms with E-state index in [9.17, 15) is 0 Å². The Morgan fingerprint density at radius 1 is 1.67 bits per heavy atom. The highest BCUT2D eigenvalue weighted by Gasteiger charge is 2.22. The summed E-state index contributed by atoms with van der Waals surface area (Å²) >= 11 is 6.24. The molecule has 6 heteroatoms. The molecule has 0 amide bonds. The van der Waals surface area contributed by atoms with Gasteiger partial charge < -0.3 is 4.74 Å². The van der Waals surface area contributed by atoms with Gasteiger partial charge in [-0.2, -0.15) is 5.10 Å². The maximum absolute atomic E-state index is 6.24. The number of hydrogen-bond acceptors (Lipinski definition) is 4. The van der Waals surface area contributed by atoms with Crippen molar-refractivity contribution in [1.82, 2.24) is 15.2 Å². The van der Waals surface area contributed by atoms with Crippen molar-refractivity contribution in [3.8, 4) is 0 Å². The minimum absolute atomic E-state index is 0.220. The minimum Gasteiger partial charge on any atom is -0.381 e. The van der Waals surface area contributed by atoms with Crippen molar-refractivity contribution in [3.63, 3.8) is 0 Å². The molecule has 18 heavy (non-hydrogen) atoms. The van der Waals surface area contributed by atoms with E-state index in [-0.39, 0.29) is 6.04 Å². The molecule has 1 saturated heterocycles. The Balaban J connectivity index is 2.00. The van der Waals surface area contributed by atoms with E-state index in [4.69, 9.17) is 22.2 Å². The number of nitrogens with zero attached hydrogens (tertiary/aromatic N) is 2. The summed E-state index contributed by atoms with van der Waals surface area (Å²) in [6, 6.07) is 0.220. The number of rotatable bonds is 5. The standard InChI is InChI=1S/C12H21ClN4O/c1-8-11(12(13)17(2)16-8)6-10(15-14)5-9-3-4-18-7-9/h9-10,15H,3-7,14H2,1-2H3. The Hall–Kier alpha value is -0.620. The summed E-state index contributed by atoms with van der Waals surface area (Å²) in [5.74, 6) is 6.24. The number of nitrogens with two attached hydrogens (primary N) is 1. The molecule has 2 unspecified atom stereocenters. The van der Waals surface area contributed by atoms with Crippen LogP contribution in [0, 0.1) is 12.8 Å². The molecule has 1 aromatic heterocycles. The average Bonchev–Trinajstić information content (AvgIpc) is 2.92. The molecule has 1 aliphatic heterocycles. The van der Waals surface area contributed by atoms with Crippen LogP contribution < -0.4 is 11.3 Å². The summed E-state index contributed by atoms with van der Waals surface area (Å²) in [5, 5.41) is 5.03. The van der Waals surface area contributed by atoms with Gasteiger partial charge in [-0.15, -0.1) is 0 Å². The number of aryl methyl sites for hydroxylation is 2. The zero-order valence-corrected chi connectivity index (χ0v) is 11.7. The van der Waals surface area contributed by atoms with Crippen molar-refractivity contribution in [2.75, 3.05) is 13.2 Å². The van der Waals surface area contributed by atoms with Gasteiger partial charge in [-0.25, -0.2) is 0 Å². The quantitative estimate of drug-likeness (QED) is 0.624. The Bertz CT molecular complexity index is 401. The molecule has 0 saturated carbocycles. The van der Waals surface area contributed by atoms with Crippen molar-refractivity contribution in [3.05, 3.63) is 16.4 Å². The molecular weight excluding hydrogens is 252 g/mol. The predicted octanol–water partition coefficient (Wildman–Crippen LogP) is 1.18. The molecule has 0 radical (unpaired) electrons. The van der Waals surface area contributed by atoms with Crippen molar-refractivity contribution >= 4 is 11.6 Å². The van der Waals surface area contributed by atoms with Crippen LogP contribution in [0.4, 0.5) is 0 Å². The van der Waals surface area contributed by atoms with Gasteiger partial charge in [-0.1, -0.05) is 11.6 Å². The lowest BCUT2D eigenvalue weighted by Crippen LogP contribution is -2.38. The zero-order valence-electron chi connectivity index (χ0n) is 10.9. The molecule has 2 rings (SSSR count). The molecule has 0 aromatic carbocycles. The Kier molecular flexibility index (Phi) is 4.61. The highest BCUT2D eigenvalue weighted by Crippen LogP contribution is 2.24. The molecule has 5 nitrogen and oxygen atoms in total. The molecule has 1 fully saturated rings. The first-order chi connectivity index (χ1) is 8.61. The van der Waals surface area contributed by atoms with Crippen LogP contribution in [0.1, 0.15) is 24.1 Å². The zero-order chi connectivity index (χ0) is 13.1. The van der Waals surface area contributed by atoms with Gasteiger partial charge in [-0.05, 0) is 32.1 Å². The van der Waals surface area contributed by atoms with Gasteiger partial charge in [-0.3, -0.25) is 16.0 Å². The summed E-state index contributed by atoms with van der Waals surface area (Å²) in [5.41, 5.74) is 4.95. The van der Waals surface area contributed by atoms with E-state index < -0.39 is 0 Å². The van der Waals surface area contributed by atoms with E-state index in [1.165, 1.54) is 0 Å². The van der Waals surface area contributed by atoms with Gasteiger partial charge >= 0.3 is 0 Å². The van der Waals surface area contributed by atoms with Crippen LogP contribution in [-0.2, 0) is 18.2 Å². The molecule has 0 aliphatic carbocycles. The van der Waals surface area contributed by atoms with Gasteiger partial charge in [0.15, 0.2) is 0 Å². The first-order valence-electron chi connectivity index (χ1n) is 6.33. The van der Waals surface area contributed by atoms with Crippen LogP contribution in [0.2, 0.25) is 5.15 Å². The van der Waals surface area contributed by atoms with Crippen molar-refractivity contribution in [2.24, 2.45) is 18.8 Å². The maximum atomic E-state index is 6.24. The topological polar surface area (TPSA) is 65.1 Å². The van der Waals surface area contributed by atoms with Gasteiger partial charge in [0.05, 0.1) is 5.69 Å². The summed E-state index contributed by atoms with van der Waals surface area (Å²) < 4.78 is 7.10. The molecule has 0 bridgehead atoms. The third-order valence-electron chi connectivity index (χ3n) is 3.60. The van der Waals surface area contributed by atoms with Crippen LogP contribution in [0.15, 0.2) is 0 Å². The molecule has 102 valence electrons. The van der Waals surface area contributed by atoms with Gasteiger partial charge in [0.1, 0.15) is 5.15 Å². The molecule has 0 spiro atoms. The van der Waals surface area contributed by atoms with Crippen LogP contribution >= 0.6 is 11.6 Å². The van der Waals surface area contributed by atoms with Crippen LogP contribution in [0.25, 0.3) is 0 Å². The fraction of sp³-hybridized carbons (Fsp3) is 0.750. The summed E-state index contributed by atoms with van der Waals surface area (Å²) in [4.78, 5) is 0. The average molecular weight is 273 g/mol. The van der Waals surface area contributed by atoms with Gasteiger partial charge in [0.2, 0.25) is 0 Å². The summed E-state index contributed by atoms with van der Waals surface area (Å²) in [7, 11) is 1.86. The van der Waals surface area contributed by atoms with E-state index in [1.54, 1.807) is 4.68 Å². The summed E-state index contributed by atoms with van der Waals surface area (Å²) in [6.07, 6.45) is 2.95. The fourth-order valence-electron chi connectivity index (χ4n) is 2.53.